The van der Waals surface area contributed by atoms with Crippen LogP contribution in [-0.2, 0) is 18.1 Å². The van der Waals surface area contributed by atoms with Crippen molar-refractivity contribution in [2.24, 2.45) is 0 Å². The van der Waals surface area contributed by atoms with E-state index in [4.69, 9.17) is 13.3 Å². The topological polar surface area (TPSA) is 60.0 Å². The number of hydrogen-bond donors (Lipinski definition) is 1. The zero-order valence-electron chi connectivity index (χ0n) is 18.0. The number of amides is 1. The molecule has 1 amide bonds. The maximum Gasteiger partial charge on any atom is 0.503 e. The first-order chi connectivity index (χ1) is 14.0. The van der Waals surface area contributed by atoms with Crippen LogP contribution in [0.4, 0.5) is 17.1 Å². The highest BCUT2D eigenvalue weighted by Crippen LogP contribution is 2.31. The average molecular weight is 451 g/mol. The Kier molecular flexibility index (Phi) is 10.8. The van der Waals surface area contributed by atoms with Gasteiger partial charge in [0.05, 0.1) is 0 Å². The molecule has 0 aliphatic carbocycles. The van der Waals surface area contributed by atoms with Crippen molar-refractivity contribution in [3.8, 4) is 0 Å². The Morgan fingerprint density at radius 1 is 1.03 bits per heavy atom. The minimum atomic E-state index is -2.70. The number of halogens is 1. The molecule has 30 heavy (non-hydrogen) atoms. The molecule has 164 valence electrons. The van der Waals surface area contributed by atoms with Crippen LogP contribution in [-0.4, -0.2) is 42.6 Å². The monoisotopic (exact) mass is 450 g/mol. The molecule has 0 bridgehead atoms. The predicted molar refractivity (Wildman–Crippen MR) is 127 cm³/mol. The molecule has 0 saturated carbocycles. The smallest absolute Gasteiger partial charge is 0.377 e. The van der Waals surface area contributed by atoms with E-state index in [0.717, 1.165) is 30.0 Å². The van der Waals surface area contributed by atoms with E-state index in [-0.39, 0.29) is 23.9 Å². The number of nitrogens with zero attached hydrogens (tertiary/aromatic N) is 1. The Labute approximate surface area is 186 Å². The molecule has 2 aromatic rings. The van der Waals surface area contributed by atoms with Crippen LogP contribution in [0.25, 0.3) is 0 Å². The van der Waals surface area contributed by atoms with Gasteiger partial charge in [0.2, 0.25) is 5.91 Å². The summed E-state index contributed by atoms with van der Waals surface area (Å²) < 4.78 is 16.9. The lowest BCUT2D eigenvalue weighted by atomic mass is 10.2. The molecule has 0 spiro atoms. The summed E-state index contributed by atoms with van der Waals surface area (Å²) in [5.74, 6) is -0.230. The normalized spacial score (nSPS) is 11.9. The highest BCUT2D eigenvalue weighted by Gasteiger charge is 2.44. The van der Waals surface area contributed by atoms with Crippen molar-refractivity contribution in [2.75, 3.05) is 38.1 Å². The zero-order valence-corrected chi connectivity index (χ0v) is 19.8. The van der Waals surface area contributed by atoms with Crippen LogP contribution in [0.3, 0.4) is 0 Å². The third-order valence-electron chi connectivity index (χ3n) is 4.94. The fraction of sp³-hybridized carbons (Fsp3) is 0.318. The standard InChI is InChI=1S/C22H30N2O4Si.ClH/c1-6-22(25)23-19-12-14-21(15-13-19)24(20-10-8-7-9-11-20)17-16-18(2)29(26-3,27-4)28-5;/h6-15,18H,1,16-17H2,2-5H3,(H,23,25);1H. The van der Waals surface area contributed by atoms with Crippen molar-refractivity contribution in [3.05, 3.63) is 67.3 Å². The Morgan fingerprint density at radius 3 is 2.07 bits per heavy atom. The Hall–Kier alpha value is -2.16. The van der Waals surface area contributed by atoms with Crippen molar-refractivity contribution in [2.45, 2.75) is 18.9 Å². The summed E-state index contributed by atoms with van der Waals surface area (Å²) in [6.07, 6.45) is 2.08. The molecule has 0 heterocycles. The fourth-order valence-electron chi connectivity index (χ4n) is 3.29. The molecule has 0 radical (unpaired) electrons. The molecular weight excluding hydrogens is 420 g/mol. The van der Waals surface area contributed by atoms with Crippen LogP contribution in [0.15, 0.2) is 67.3 Å². The molecule has 0 saturated heterocycles. The summed E-state index contributed by atoms with van der Waals surface area (Å²) in [5, 5.41) is 2.77. The second-order valence-electron chi connectivity index (χ2n) is 6.63. The molecule has 0 aliphatic rings. The fourth-order valence-corrected chi connectivity index (χ4v) is 5.48. The lowest BCUT2D eigenvalue weighted by Crippen LogP contribution is -2.47. The van der Waals surface area contributed by atoms with Gasteiger partial charge in [-0.2, -0.15) is 0 Å². The summed E-state index contributed by atoms with van der Waals surface area (Å²) in [5.41, 5.74) is 2.96. The average Bonchev–Trinajstić information content (AvgIpc) is 2.77. The van der Waals surface area contributed by atoms with Gasteiger partial charge in [-0.3, -0.25) is 4.79 Å². The largest absolute Gasteiger partial charge is 0.503 e. The van der Waals surface area contributed by atoms with Gasteiger partial charge in [-0.25, -0.2) is 0 Å². The van der Waals surface area contributed by atoms with Crippen LogP contribution < -0.4 is 10.2 Å². The summed E-state index contributed by atoms with van der Waals surface area (Å²) in [4.78, 5) is 13.7. The minimum absolute atomic E-state index is 0. The van der Waals surface area contributed by atoms with E-state index in [1.54, 1.807) is 21.3 Å². The molecule has 1 unspecified atom stereocenters. The molecule has 0 aliphatic heterocycles. The number of hydrogen-bond acceptors (Lipinski definition) is 5. The first kappa shape index (κ1) is 25.9. The lowest BCUT2D eigenvalue weighted by molar-refractivity contribution is -0.111. The second-order valence-corrected chi connectivity index (χ2v) is 10.1. The van der Waals surface area contributed by atoms with E-state index in [1.165, 1.54) is 6.08 Å². The van der Waals surface area contributed by atoms with Crippen molar-refractivity contribution >= 4 is 44.2 Å². The molecule has 8 heteroatoms. The highest BCUT2D eigenvalue weighted by atomic mass is 35.5. The van der Waals surface area contributed by atoms with Gasteiger partial charge >= 0.3 is 8.80 Å². The van der Waals surface area contributed by atoms with Crippen LogP contribution >= 0.6 is 12.4 Å². The van der Waals surface area contributed by atoms with Crippen molar-refractivity contribution in [1.82, 2.24) is 0 Å². The summed E-state index contributed by atoms with van der Waals surface area (Å²) >= 11 is 0. The van der Waals surface area contributed by atoms with Crippen LogP contribution in [0.2, 0.25) is 5.54 Å². The number of para-hydroxylation sites is 1. The number of nitrogens with one attached hydrogen (secondary N) is 1. The first-order valence-electron chi connectivity index (χ1n) is 9.51. The molecular formula is C22H31ClN2O4Si. The Bertz CT molecular complexity index is 777. The molecule has 6 nitrogen and oxygen atoms in total. The lowest BCUT2D eigenvalue weighted by Gasteiger charge is -2.32. The quantitative estimate of drug-likeness (QED) is 0.384. The van der Waals surface area contributed by atoms with Gasteiger partial charge in [-0.15, -0.1) is 12.4 Å². The van der Waals surface area contributed by atoms with E-state index < -0.39 is 8.80 Å². The molecule has 0 aromatic heterocycles. The number of anilines is 3. The Morgan fingerprint density at radius 2 is 1.57 bits per heavy atom. The predicted octanol–water partition coefficient (Wildman–Crippen LogP) is 5.03. The van der Waals surface area contributed by atoms with Gasteiger partial charge in [0, 0.05) is 50.5 Å². The van der Waals surface area contributed by atoms with Crippen molar-refractivity contribution < 1.29 is 18.1 Å². The van der Waals surface area contributed by atoms with Gasteiger partial charge in [0.15, 0.2) is 0 Å². The van der Waals surface area contributed by atoms with Gasteiger partial charge in [0.25, 0.3) is 0 Å². The first-order valence-corrected chi connectivity index (χ1v) is 11.3. The minimum Gasteiger partial charge on any atom is -0.377 e. The molecule has 2 rings (SSSR count). The zero-order chi connectivity index (χ0) is 21.3. The van der Waals surface area contributed by atoms with E-state index in [0.29, 0.717) is 0 Å². The van der Waals surface area contributed by atoms with E-state index in [1.807, 2.05) is 42.5 Å². The molecule has 1 N–H and O–H groups in total. The number of rotatable bonds is 11. The SMILES string of the molecule is C=CC(=O)Nc1ccc(N(CCC(C)[Si](OC)(OC)OC)c2ccccc2)cc1.Cl. The second kappa shape index (κ2) is 12.5. The van der Waals surface area contributed by atoms with Crippen LogP contribution in [0.5, 0.6) is 0 Å². The summed E-state index contributed by atoms with van der Waals surface area (Å²) in [6, 6.07) is 17.9. The van der Waals surface area contributed by atoms with Gasteiger partial charge in [-0.05, 0) is 48.9 Å². The van der Waals surface area contributed by atoms with Gasteiger partial charge in [-0.1, -0.05) is 31.7 Å². The van der Waals surface area contributed by atoms with Gasteiger partial charge in [0.1, 0.15) is 0 Å². The molecule has 2 aromatic carbocycles. The molecule has 1 atom stereocenters. The Balaban J connectivity index is 0.00000450. The number of carbonyl (C=O) groups is 1. The summed E-state index contributed by atoms with van der Waals surface area (Å²) in [7, 11) is 2.21. The van der Waals surface area contributed by atoms with Crippen molar-refractivity contribution in [3.63, 3.8) is 0 Å². The maximum atomic E-state index is 11.5. The molecule has 0 fully saturated rings. The third-order valence-corrected chi connectivity index (χ3v) is 8.15. The maximum absolute atomic E-state index is 11.5. The highest BCUT2D eigenvalue weighted by molar-refractivity contribution is 6.62. The number of carbonyl (C=O) groups excluding carboxylic acids is 1. The van der Waals surface area contributed by atoms with Gasteiger partial charge < -0.3 is 23.5 Å². The van der Waals surface area contributed by atoms with Crippen LogP contribution in [0, 0.1) is 0 Å². The van der Waals surface area contributed by atoms with Crippen LogP contribution in [0.1, 0.15) is 13.3 Å². The number of benzene rings is 2. The van der Waals surface area contributed by atoms with Crippen molar-refractivity contribution in [1.29, 1.82) is 0 Å². The summed E-state index contributed by atoms with van der Waals surface area (Å²) in [6.45, 7) is 6.33. The van der Waals surface area contributed by atoms with E-state index in [2.05, 4.69) is 35.9 Å². The third kappa shape index (κ3) is 6.42. The van der Waals surface area contributed by atoms with E-state index >= 15 is 0 Å². The van der Waals surface area contributed by atoms with E-state index in [9.17, 15) is 4.79 Å².